The van der Waals surface area contributed by atoms with Crippen LogP contribution in [0.15, 0.2) is 27.4 Å². The number of anilines is 1. The Balaban J connectivity index is 2.17. The number of oxazole rings is 1. The lowest BCUT2D eigenvalue weighted by Gasteiger charge is -2.26. The molecule has 2 N–H and O–H groups in total. The number of fused-ring (bicyclic) bond motifs is 1. The molecule has 0 saturated carbocycles. The molecule has 2 amide bonds. The molecule has 0 saturated heterocycles. The second kappa shape index (κ2) is 7.85. The van der Waals surface area contributed by atoms with Gasteiger partial charge < -0.3 is 19.8 Å². The molecule has 2 atom stereocenters. The van der Waals surface area contributed by atoms with Gasteiger partial charge in [-0.2, -0.15) is 0 Å². The lowest BCUT2D eigenvalue weighted by Crippen LogP contribution is -2.49. The smallest absolute Gasteiger partial charge is 0.419 e. The maximum absolute atomic E-state index is 12.7. The van der Waals surface area contributed by atoms with Gasteiger partial charge in [-0.15, -0.1) is 0 Å². The van der Waals surface area contributed by atoms with Crippen LogP contribution in [-0.4, -0.2) is 28.2 Å². The van der Waals surface area contributed by atoms with Gasteiger partial charge in [0.15, 0.2) is 5.58 Å². The average molecular weight is 377 g/mol. The molecule has 2 unspecified atom stereocenters. The van der Waals surface area contributed by atoms with Crippen LogP contribution in [0.5, 0.6) is 0 Å². The van der Waals surface area contributed by atoms with Crippen molar-refractivity contribution in [2.24, 2.45) is 13.0 Å². The Morgan fingerprint density at radius 1 is 1.30 bits per heavy atom. The van der Waals surface area contributed by atoms with Crippen molar-refractivity contribution in [2.75, 3.05) is 5.32 Å². The number of hydrogen-bond acceptors (Lipinski definition) is 5. The van der Waals surface area contributed by atoms with Gasteiger partial charge in [-0.25, -0.2) is 9.59 Å². The minimum atomic E-state index is -0.761. The number of benzene rings is 1. The molecule has 2 rings (SSSR count). The predicted molar refractivity (Wildman–Crippen MR) is 103 cm³/mol. The summed E-state index contributed by atoms with van der Waals surface area (Å²) in [7, 11) is 1.61. The van der Waals surface area contributed by atoms with E-state index < -0.39 is 23.5 Å². The van der Waals surface area contributed by atoms with Crippen molar-refractivity contribution in [3.63, 3.8) is 0 Å². The third kappa shape index (κ3) is 5.12. The maximum atomic E-state index is 12.7. The molecule has 2 aromatic rings. The molecule has 0 aliphatic rings. The summed E-state index contributed by atoms with van der Waals surface area (Å²) in [5.41, 5.74) is 0.821. The van der Waals surface area contributed by atoms with Crippen molar-refractivity contribution < 1.29 is 18.7 Å². The van der Waals surface area contributed by atoms with E-state index in [1.54, 1.807) is 46.0 Å². The van der Waals surface area contributed by atoms with Crippen LogP contribution < -0.4 is 16.4 Å². The van der Waals surface area contributed by atoms with E-state index in [2.05, 4.69) is 10.6 Å². The predicted octanol–water partition coefficient (Wildman–Crippen LogP) is 3.01. The summed E-state index contributed by atoms with van der Waals surface area (Å²) in [4.78, 5) is 36.4. The zero-order valence-electron chi connectivity index (χ0n) is 16.6. The summed E-state index contributed by atoms with van der Waals surface area (Å²) in [6, 6.07) is 4.19. The van der Waals surface area contributed by atoms with Crippen LogP contribution in [0.1, 0.15) is 41.0 Å². The van der Waals surface area contributed by atoms with E-state index in [0.717, 1.165) is 0 Å². The monoisotopic (exact) mass is 377 g/mol. The summed E-state index contributed by atoms with van der Waals surface area (Å²) in [6.07, 6.45) is 0.0490. The lowest BCUT2D eigenvalue weighted by atomic mass is 9.98. The van der Waals surface area contributed by atoms with Crippen molar-refractivity contribution in [3.05, 3.63) is 28.7 Å². The fourth-order valence-electron chi connectivity index (χ4n) is 2.57. The van der Waals surface area contributed by atoms with Gasteiger partial charge in [0.1, 0.15) is 11.6 Å². The molecule has 0 fully saturated rings. The third-order valence-electron chi connectivity index (χ3n) is 4.23. The van der Waals surface area contributed by atoms with E-state index in [9.17, 15) is 14.4 Å². The number of nitrogens with zero attached hydrogens (tertiary/aromatic N) is 1. The molecule has 8 nitrogen and oxygen atoms in total. The van der Waals surface area contributed by atoms with Crippen LogP contribution >= 0.6 is 0 Å². The van der Waals surface area contributed by atoms with Crippen LogP contribution in [0.2, 0.25) is 0 Å². The standard InChI is InChI=1S/C19H27N3O5/c1-7-11(2)15(21-17(24)27-19(3,4)5)16(23)20-12-8-9-13-14(10-12)26-18(25)22(13)6/h8-11,15H,7H2,1-6H3,(H,20,23)(H,21,24). The largest absolute Gasteiger partial charge is 0.444 e. The normalized spacial score (nSPS) is 13.9. The average Bonchev–Trinajstić information content (AvgIpc) is 2.84. The molecular formula is C19H27N3O5. The molecule has 1 aromatic heterocycles. The molecule has 0 radical (unpaired) electrons. The molecule has 27 heavy (non-hydrogen) atoms. The van der Waals surface area contributed by atoms with E-state index in [1.807, 2.05) is 13.8 Å². The highest BCUT2D eigenvalue weighted by atomic mass is 16.6. The van der Waals surface area contributed by atoms with Gasteiger partial charge >= 0.3 is 11.8 Å². The highest BCUT2D eigenvalue weighted by Crippen LogP contribution is 2.19. The number of ether oxygens (including phenoxy) is 1. The number of amides is 2. The van der Waals surface area contributed by atoms with Crippen molar-refractivity contribution in [3.8, 4) is 0 Å². The first-order valence-corrected chi connectivity index (χ1v) is 8.91. The van der Waals surface area contributed by atoms with E-state index in [1.165, 1.54) is 4.57 Å². The molecule has 148 valence electrons. The Hall–Kier alpha value is -2.77. The quantitative estimate of drug-likeness (QED) is 0.834. The van der Waals surface area contributed by atoms with E-state index in [-0.39, 0.29) is 11.8 Å². The number of carbonyl (C=O) groups excluding carboxylic acids is 2. The Morgan fingerprint density at radius 2 is 1.96 bits per heavy atom. The minimum Gasteiger partial charge on any atom is -0.444 e. The van der Waals surface area contributed by atoms with Gasteiger partial charge in [0.25, 0.3) is 0 Å². The minimum absolute atomic E-state index is 0.101. The topological polar surface area (TPSA) is 103 Å². The summed E-state index contributed by atoms with van der Waals surface area (Å²) < 4.78 is 11.8. The second-order valence-corrected chi connectivity index (χ2v) is 7.61. The number of aryl methyl sites for hydroxylation is 1. The van der Waals surface area contributed by atoms with Gasteiger partial charge in [-0.05, 0) is 38.8 Å². The summed E-state index contributed by atoms with van der Waals surface area (Å²) in [6.45, 7) is 9.09. The van der Waals surface area contributed by atoms with Crippen LogP contribution in [0.3, 0.4) is 0 Å². The Labute approximate surface area is 157 Å². The van der Waals surface area contributed by atoms with Crippen molar-refractivity contribution in [1.29, 1.82) is 0 Å². The Kier molecular flexibility index (Phi) is 5.98. The molecule has 0 spiro atoms. The Morgan fingerprint density at radius 3 is 2.56 bits per heavy atom. The molecule has 1 aromatic carbocycles. The molecule has 0 aliphatic heterocycles. The van der Waals surface area contributed by atoms with Crippen LogP contribution in [0, 0.1) is 5.92 Å². The summed E-state index contributed by atoms with van der Waals surface area (Å²) in [5.74, 6) is -0.943. The van der Waals surface area contributed by atoms with E-state index in [0.29, 0.717) is 23.2 Å². The number of hydrogen-bond donors (Lipinski definition) is 2. The lowest BCUT2D eigenvalue weighted by molar-refractivity contribution is -0.119. The Bertz CT molecular complexity index is 891. The first-order chi connectivity index (χ1) is 12.5. The summed E-state index contributed by atoms with van der Waals surface area (Å²) in [5, 5.41) is 5.41. The molecular weight excluding hydrogens is 350 g/mol. The van der Waals surface area contributed by atoms with Crippen LogP contribution in [-0.2, 0) is 16.6 Å². The number of alkyl carbamates (subject to hydrolysis) is 1. The van der Waals surface area contributed by atoms with Crippen molar-refractivity contribution in [1.82, 2.24) is 9.88 Å². The second-order valence-electron chi connectivity index (χ2n) is 7.61. The van der Waals surface area contributed by atoms with Gasteiger partial charge in [-0.1, -0.05) is 20.3 Å². The van der Waals surface area contributed by atoms with Crippen molar-refractivity contribution in [2.45, 2.75) is 52.7 Å². The molecule has 1 heterocycles. The first-order valence-electron chi connectivity index (χ1n) is 8.91. The zero-order chi connectivity index (χ0) is 20.4. The zero-order valence-corrected chi connectivity index (χ0v) is 16.6. The number of aromatic nitrogens is 1. The van der Waals surface area contributed by atoms with Crippen molar-refractivity contribution >= 4 is 28.8 Å². The molecule has 8 heteroatoms. The van der Waals surface area contributed by atoms with Gasteiger partial charge in [0, 0.05) is 18.8 Å². The van der Waals surface area contributed by atoms with Gasteiger partial charge in [0.05, 0.1) is 5.52 Å². The van der Waals surface area contributed by atoms with E-state index >= 15 is 0 Å². The molecule has 0 aliphatic carbocycles. The van der Waals surface area contributed by atoms with Gasteiger partial charge in [0.2, 0.25) is 5.91 Å². The van der Waals surface area contributed by atoms with Crippen LogP contribution in [0.4, 0.5) is 10.5 Å². The van der Waals surface area contributed by atoms with E-state index in [4.69, 9.17) is 9.15 Å². The number of nitrogens with one attached hydrogen (secondary N) is 2. The maximum Gasteiger partial charge on any atom is 0.419 e. The van der Waals surface area contributed by atoms with Crippen LogP contribution in [0.25, 0.3) is 11.1 Å². The number of rotatable bonds is 5. The fourth-order valence-corrected chi connectivity index (χ4v) is 2.57. The molecule has 0 bridgehead atoms. The third-order valence-corrected chi connectivity index (χ3v) is 4.23. The number of carbonyl (C=O) groups is 2. The highest BCUT2D eigenvalue weighted by Gasteiger charge is 2.28. The van der Waals surface area contributed by atoms with Gasteiger partial charge in [-0.3, -0.25) is 9.36 Å². The SMILES string of the molecule is CCC(C)C(NC(=O)OC(C)(C)C)C(=O)Nc1ccc2c(c1)oc(=O)n2C. The fraction of sp³-hybridized carbons (Fsp3) is 0.526. The first kappa shape index (κ1) is 20.5. The summed E-state index contributed by atoms with van der Waals surface area (Å²) >= 11 is 0. The highest BCUT2D eigenvalue weighted by molar-refractivity contribution is 5.98.